The SMILES string of the molecule is CCOC(=O)[C@]1(Cc2cccc(Cl)c2)CCCN(Cc2cnc(SC)nc2)C1. The largest absolute Gasteiger partial charge is 0.466 e. The molecule has 3 rings (SSSR count). The Hall–Kier alpha value is -1.63. The molecule has 2 heterocycles. The Bertz CT molecular complexity index is 802. The van der Waals surface area contributed by atoms with Gasteiger partial charge in [-0.15, -0.1) is 0 Å². The lowest BCUT2D eigenvalue weighted by molar-refractivity contribution is -0.159. The maximum absolute atomic E-state index is 13.0. The van der Waals surface area contributed by atoms with Crippen LogP contribution in [0, 0.1) is 5.41 Å². The number of benzene rings is 1. The summed E-state index contributed by atoms with van der Waals surface area (Å²) in [5.74, 6) is -0.117. The molecule has 0 radical (unpaired) electrons. The molecule has 0 saturated carbocycles. The third-order valence-electron chi connectivity index (χ3n) is 5.07. The molecule has 28 heavy (non-hydrogen) atoms. The highest BCUT2D eigenvalue weighted by molar-refractivity contribution is 7.98. The van der Waals surface area contributed by atoms with Crippen molar-refractivity contribution in [2.24, 2.45) is 5.41 Å². The number of hydrogen-bond donors (Lipinski definition) is 0. The average Bonchev–Trinajstić information content (AvgIpc) is 2.69. The van der Waals surface area contributed by atoms with Gasteiger partial charge in [-0.3, -0.25) is 9.69 Å². The monoisotopic (exact) mass is 419 g/mol. The van der Waals surface area contributed by atoms with Gasteiger partial charge in [0, 0.05) is 36.1 Å². The van der Waals surface area contributed by atoms with Crippen molar-refractivity contribution < 1.29 is 9.53 Å². The number of carbonyl (C=O) groups excluding carboxylic acids is 1. The predicted molar refractivity (Wildman–Crippen MR) is 113 cm³/mol. The fourth-order valence-corrected chi connectivity index (χ4v) is 4.38. The molecule has 5 nitrogen and oxygen atoms in total. The zero-order valence-corrected chi connectivity index (χ0v) is 17.9. The summed E-state index contributed by atoms with van der Waals surface area (Å²) >= 11 is 7.69. The molecule has 0 bridgehead atoms. The number of esters is 1. The van der Waals surface area contributed by atoms with Crippen LogP contribution < -0.4 is 0 Å². The summed E-state index contributed by atoms with van der Waals surface area (Å²) in [6, 6.07) is 7.76. The second kappa shape index (κ2) is 9.72. The lowest BCUT2D eigenvalue weighted by atomic mass is 9.75. The molecule has 1 atom stereocenters. The number of ether oxygens (including phenoxy) is 1. The van der Waals surface area contributed by atoms with E-state index < -0.39 is 5.41 Å². The number of thioether (sulfide) groups is 1. The van der Waals surface area contributed by atoms with Gasteiger partial charge in [-0.25, -0.2) is 9.97 Å². The Kier molecular flexibility index (Phi) is 7.32. The van der Waals surface area contributed by atoms with Crippen LogP contribution in [0.2, 0.25) is 5.02 Å². The van der Waals surface area contributed by atoms with Gasteiger partial charge in [-0.05, 0) is 56.7 Å². The molecule has 1 aromatic heterocycles. The first-order chi connectivity index (χ1) is 13.5. The van der Waals surface area contributed by atoms with Gasteiger partial charge in [0.2, 0.25) is 0 Å². The van der Waals surface area contributed by atoms with Crippen LogP contribution in [0.3, 0.4) is 0 Å². The molecule has 1 saturated heterocycles. The highest BCUT2D eigenvalue weighted by Crippen LogP contribution is 2.36. The second-order valence-electron chi connectivity index (χ2n) is 7.20. The lowest BCUT2D eigenvalue weighted by Gasteiger charge is -2.41. The lowest BCUT2D eigenvalue weighted by Crippen LogP contribution is -2.49. The van der Waals surface area contributed by atoms with E-state index in [1.807, 2.05) is 49.8 Å². The van der Waals surface area contributed by atoms with Crippen molar-refractivity contribution in [3.63, 3.8) is 0 Å². The van der Waals surface area contributed by atoms with Crippen molar-refractivity contribution in [1.29, 1.82) is 0 Å². The Morgan fingerprint density at radius 2 is 2.11 bits per heavy atom. The van der Waals surface area contributed by atoms with Crippen molar-refractivity contribution in [3.8, 4) is 0 Å². The number of hydrogen-bond acceptors (Lipinski definition) is 6. The third kappa shape index (κ3) is 5.25. The summed E-state index contributed by atoms with van der Waals surface area (Å²) < 4.78 is 5.49. The van der Waals surface area contributed by atoms with E-state index in [9.17, 15) is 4.79 Å². The van der Waals surface area contributed by atoms with E-state index in [0.29, 0.717) is 24.6 Å². The van der Waals surface area contributed by atoms with Gasteiger partial charge in [0.1, 0.15) is 0 Å². The minimum atomic E-state index is -0.557. The van der Waals surface area contributed by atoms with Gasteiger partial charge in [0.25, 0.3) is 0 Å². The van der Waals surface area contributed by atoms with E-state index in [0.717, 1.165) is 42.2 Å². The molecule has 0 unspecified atom stereocenters. The van der Waals surface area contributed by atoms with Gasteiger partial charge >= 0.3 is 5.97 Å². The Balaban J connectivity index is 1.79. The summed E-state index contributed by atoms with van der Waals surface area (Å²) in [6.45, 7) is 4.57. The molecular weight excluding hydrogens is 394 g/mol. The van der Waals surface area contributed by atoms with Crippen molar-refractivity contribution in [3.05, 3.63) is 52.8 Å². The maximum atomic E-state index is 13.0. The van der Waals surface area contributed by atoms with Gasteiger partial charge in [0.15, 0.2) is 5.16 Å². The standard InChI is InChI=1S/C21H26ClN3O2S/c1-3-27-19(26)21(11-16-6-4-7-18(22)10-16)8-5-9-25(15-21)14-17-12-23-20(28-2)24-13-17/h4,6-7,10,12-13H,3,5,8-9,11,14-15H2,1-2H3/t21-/m0/s1. The quantitative estimate of drug-likeness (QED) is 0.380. The van der Waals surface area contributed by atoms with Crippen LogP contribution >= 0.6 is 23.4 Å². The van der Waals surface area contributed by atoms with Crippen molar-refractivity contribution in [2.45, 2.75) is 37.9 Å². The Morgan fingerprint density at radius 1 is 1.32 bits per heavy atom. The van der Waals surface area contributed by atoms with Gasteiger partial charge < -0.3 is 4.74 Å². The van der Waals surface area contributed by atoms with Crippen molar-refractivity contribution in [2.75, 3.05) is 26.0 Å². The number of rotatable bonds is 7. The molecule has 150 valence electrons. The molecule has 7 heteroatoms. The van der Waals surface area contributed by atoms with Crippen LogP contribution in [0.25, 0.3) is 0 Å². The number of aromatic nitrogens is 2. The highest BCUT2D eigenvalue weighted by Gasteiger charge is 2.43. The van der Waals surface area contributed by atoms with Crippen LogP contribution in [-0.2, 0) is 22.5 Å². The molecule has 1 aliphatic heterocycles. The molecule has 0 aliphatic carbocycles. The smallest absolute Gasteiger partial charge is 0.313 e. The minimum Gasteiger partial charge on any atom is -0.466 e. The van der Waals surface area contributed by atoms with E-state index in [1.54, 1.807) is 0 Å². The number of carbonyl (C=O) groups is 1. The zero-order valence-electron chi connectivity index (χ0n) is 16.4. The van der Waals surface area contributed by atoms with E-state index >= 15 is 0 Å². The fourth-order valence-electron chi connectivity index (χ4n) is 3.86. The van der Waals surface area contributed by atoms with E-state index in [4.69, 9.17) is 16.3 Å². The first-order valence-electron chi connectivity index (χ1n) is 9.53. The number of piperidine rings is 1. The molecule has 1 fully saturated rings. The van der Waals surface area contributed by atoms with E-state index in [-0.39, 0.29) is 5.97 Å². The molecule has 1 aromatic carbocycles. The fraction of sp³-hybridized carbons (Fsp3) is 0.476. The van der Waals surface area contributed by atoms with Crippen LogP contribution in [-0.4, -0.2) is 46.8 Å². The summed E-state index contributed by atoms with van der Waals surface area (Å²) in [5.41, 5.74) is 1.56. The van der Waals surface area contributed by atoms with Gasteiger partial charge in [-0.2, -0.15) is 0 Å². The van der Waals surface area contributed by atoms with E-state index in [1.165, 1.54) is 11.8 Å². The summed E-state index contributed by atoms with van der Waals surface area (Å²) in [5, 5.41) is 1.46. The van der Waals surface area contributed by atoms with Crippen LogP contribution in [0.4, 0.5) is 0 Å². The topological polar surface area (TPSA) is 55.3 Å². The zero-order chi connectivity index (χ0) is 20.0. The first-order valence-corrected chi connectivity index (χ1v) is 11.1. The summed E-state index contributed by atoms with van der Waals surface area (Å²) in [6.07, 6.45) is 8.10. The maximum Gasteiger partial charge on any atom is 0.313 e. The number of halogens is 1. The molecule has 0 spiro atoms. The summed E-state index contributed by atoms with van der Waals surface area (Å²) in [7, 11) is 0. The molecule has 1 aliphatic rings. The second-order valence-corrected chi connectivity index (χ2v) is 8.41. The summed E-state index contributed by atoms with van der Waals surface area (Å²) in [4.78, 5) is 24.0. The first kappa shape index (κ1) is 21.1. The van der Waals surface area contributed by atoms with Crippen molar-refractivity contribution in [1.82, 2.24) is 14.9 Å². The van der Waals surface area contributed by atoms with Crippen LogP contribution in [0.1, 0.15) is 30.9 Å². The predicted octanol–water partition coefficient (Wildman–Crippen LogP) is 4.24. The molecule has 0 amide bonds. The molecule has 2 aromatic rings. The Labute approximate surface area is 175 Å². The molecule has 0 N–H and O–H groups in total. The van der Waals surface area contributed by atoms with Crippen LogP contribution in [0.15, 0.2) is 41.8 Å². The van der Waals surface area contributed by atoms with Crippen LogP contribution in [0.5, 0.6) is 0 Å². The number of nitrogens with zero attached hydrogens (tertiary/aromatic N) is 3. The van der Waals surface area contributed by atoms with Gasteiger partial charge in [-0.1, -0.05) is 35.5 Å². The van der Waals surface area contributed by atoms with Gasteiger partial charge in [0.05, 0.1) is 12.0 Å². The van der Waals surface area contributed by atoms with E-state index in [2.05, 4.69) is 14.9 Å². The normalized spacial score (nSPS) is 20.1. The average molecular weight is 420 g/mol. The number of likely N-dealkylation sites (tertiary alicyclic amines) is 1. The molecular formula is C21H26ClN3O2S. The highest BCUT2D eigenvalue weighted by atomic mass is 35.5. The third-order valence-corrected chi connectivity index (χ3v) is 5.88. The minimum absolute atomic E-state index is 0.117. The Morgan fingerprint density at radius 3 is 2.79 bits per heavy atom. The van der Waals surface area contributed by atoms with Crippen molar-refractivity contribution >= 4 is 29.3 Å².